The van der Waals surface area contributed by atoms with Gasteiger partial charge in [0.05, 0.1) is 11.4 Å². The van der Waals surface area contributed by atoms with Crippen LogP contribution in [0.2, 0.25) is 0 Å². The SMILES string of the molecule is [O]=[Ti]=[O].c1ccc2c(c1)Nc1ccccc1S2. The van der Waals surface area contributed by atoms with Gasteiger partial charge in [0.15, 0.2) is 0 Å². The zero-order valence-electron chi connectivity index (χ0n) is 8.84. The first-order valence-electron chi connectivity index (χ1n) is 4.97. The fourth-order valence-corrected chi connectivity index (χ4v) is 2.57. The molecule has 0 saturated heterocycles. The molecular weight excluding hydrogens is 270 g/mol. The van der Waals surface area contributed by atoms with E-state index in [0.717, 1.165) is 0 Å². The van der Waals surface area contributed by atoms with E-state index >= 15 is 0 Å². The number of rotatable bonds is 0. The molecule has 2 aromatic rings. The van der Waals surface area contributed by atoms with Gasteiger partial charge in [0, 0.05) is 9.79 Å². The van der Waals surface area contributed by atoms with Crippen molar-refractivity contribution in [2.75, 3.05) is 5.32 Å². The molecular formula is C12H9NO2STi. The fourth-order valence-electron chi connectivity index (χ4n) is 1.58. The Morgan fingerprint density at radius 3 is 1.71 bits per heavy atom. The number of anilines is 2. The van der Waals surface area contributed by atoms with E-state index in [1.807, 2.05) is 11.8 Å². The Bertz CT molecular complexity index is 480. The molecule has 0 fully saturated rings. The Balaban J connectivity index is 0.000000329. The second-order valence-electron chi connectivity index (χ2n) is 3.30. The molecule has 1 aliphatic heterocycles. The number of fused-ring (bicyclic) bond motifs is 2. The van der Waals surface area contributed by atoms with E-state index < -0.39 is 19.1 Å². The summed E-state index contributed by atoms with van der Waals surface area (Å²) in [6.07, 6.45) is 0. The number of para-hydroxylation sites is 2. The molecule has 84 valence electrons. The van der Waals surface area contributed by atoms with Gasteiger partial charge in [-0.1, -0.05) is 36.0 Å². The monoisotopic (exact) mass is 279 g/mol. The zero-order chi connectivity index (χ0) is 12.1. The molecule has 5 heteroatoms. The number of hydrogen-bond acceptors (Lipinski definition) is 4. The zero-order valence-corrected chi connectivity index (χ0v) is 11.2. The summed E-state index contributed by atoms with van der Waals surface area (Å²) < 4.78 is 17.0. The molecule has 3 rings (SSSR count). The molecule has 0 aromatic heterocycles. The Labute approximate surface area is 112 Å². The van der Waals surface area contributed by atoms with Gasteiger partial charge in [-0.3, -0.25) is 0 Å². The molecule has 1 aliphatic rings. The first-order chi connectivity index (χ1) is 8.35. The quantitative estimate of drug-likeness (QED) is 0.638. The van der Waals surface area contributed by atoms with Crippen molar-refractivity contribution < 1.29 is 25.7 Å². The molecule has 0 bridgehead atoms. The molecule has 1 heterocycles. The maximum absolute atomic E-state index is 8.50. The normalized spacial score (nSPS) is 10.8. The minimum atomic E-state index is -2.00. The summed E-state index contributed by atoms with van der Waals surface area (Å²) in [5, 5.41) is 3.42. The second-order valence-corrected chi connectivity index (χ2v) is 4.65. The summed E-state index contributed by atoms with van der Waals surface area (Å²) in [7, 11) is 0. The van der Waals surface area contributed by atoms with Crippen molar-refractivity contribution >= 4 is 23.1 Å². The topological polar surface area (TPSA) is 46.2 Å². The third-order valence-corrected chi connectivity index (χ3v) is 3.42. The first kappa shape index (κ1) is 12.4. The predicted molar refractivity (Wildman–Crippen MR) is 61.7 cm³/mol. The van der Waals surface area contributed by atoms with Crippen LogP contribution in [-0.2, 0) is 25.7 Å². The van der Waals surface area contributed by atoms with Crippen LogP contribution in [0, 0.1) is 0 Å². The molecule has 0 spiro atoms. The van der Waals surface area contributed by atoms with Crippen molar-refractivity contribution in [3.63, 3.8) is 0 Å². The van der Waals surface area contributed by atoms with Gasteiger partial charge < -0.3 is 5.32 Å². The maximum atomic E-state index is 8.50. The van der Waals surface area contributed by atoms with E-state index in [0.29, 0.717) is 0 Å². The van der Waals surface area contributed by atoms with E-state index in [4.69, 9.17) is 6.65 Å². The van der Waals surface area contributed by atoms with Crippen molar-refractivity contribution in [3.05, 3.63) is 48.5 Å². The second kappa shape index (κ2) is 6.01. The molecule has 17 heavy (non-hydrogen) atoms. The minimum absolute atomic E-state index is 1.20. The van der Waals surface area contributed by atoms with Crippen molar-refractivity contribution in [3.8, 4) is 0 Å². The van der Waals surface area contributed by atoms with Gasteiger partial charge in [-0.25, -0.2) is 0 Å². The summed E-state index contributed by atoms with van der Waals surface area (Å²) >= 11 is -0.180. The van der Waals surface area contributed by atoms with Crippen LogP contribution in [0.5, 0.6) is 0 Å². The molecule has 0 amide bonds. The smallest absolute Gasteiger partial charge is 0.0526 e. The van der Waals surface area contributed by atoms with Crippen LogP contribution in [0.3, 0.4) is 0 Å². The van der Waals surface area contributed by atoms with Crippen LogP contribution in [0.25, 0.3) is 0 Å². The standard InChI is InChI=1S/C12H9NS.2O.Ti/c1-3-7-11-9(5-1)13-10-6-2-4-8-12(10)14-11;;;/h1-8,13H;;;. The van der Waals surface area contributed by atoms with Crippen LogP contribution in [0.1, 0.15) is 0 Å². The average molecular weight is 279 g/mol. The Kier molecular flexibility index (Phi) is 4.37. The molecule has 2 aromatic carbocycles. The Morgan fingerprint density at radius 2 is 1.24 bits per heavy atom. The van der Waals surface area contributed by atoms with Crippen LogP contribution in [0.4, 0.5) is 11.4 Å². The van der Waals surface area contributed by atoms with E-state index in [-0.39, 0.29) is 0 Å². The summed E-state index contributed by atoms with van der Waals surface area (Å²) in [6.45, 7) is 0. The maximum Gasteiger partial charge on any atom is 0.0526 e. The van der Waals surface area contributed by atoms with E-state index in [1.54, 1.807) is 0 Å². The van der Waals surface area contributed by atoms with Gasteiger partial charge in [-0.05, 0) is 24.3 Å². The average Bonchev–Trinajstić information content (AvgIpc) is 2.37. The van der Waals surface area contributed by atoms with Crippen LogP contribution < -0.4 is 5.32 Å². The van der Waals surface area contributed by atoms with Gasteiger partial charge in [-0.15, -0.1) is 0 Å². The van der Waals surface area contributed by atoms with Crippen LogP contribution in [0.15, 0.2) is 58.3 Å². The number of benzene rings is 2. The predicted octanol–water partition coefficient (Wildman–Crippen LogP) is 3.65. The van der Waals surface area contributed by atoms with Gasteiger partial charge in [0.25, 0.3) is 0 Å². The molecule has 0 saturated carbocycles. The third kappa shape index (κ3) is 2.97. The van der Waals surface area contributed by atoms with Gasteiger partial charge in [-0.2, -0.15) is 0 Å². The third-order valence-electron chi connectivity index (χ3n) is 2.26. The van der Waals surface area contributed by atoms with Crippen LogP contribution >= 0.6 is 11.8 Å². The largest absolute Gasteiger partial charge is 0.354 e. The van der Waals surface area contributed by atoms with Crippen molar-refractivity contribution in [1.29, 1.82) is 0 Å². The minimum Gasteiger partial charge on any atom is -0.354 e. The van der Waals surface area contributed by atoms with Gasteiger partial charge in [0.2, 0.25) is 0 Å². The van der Waals surface area contributed by atoms with E-state index in [2.05, 4.69) is 53.8 Å². The molecule has 0 atom stereocenters. The van der Waals surface area contributed by atoms with Crippen molar-refractivity contribution in [2.45, 2.75) is 9.79 Å². The molecule has 0 radical (unpaired) electrons. The van der Waals surface area contributed by atoms with E-state index in [1.165, 1.54) is 21.2 Å². The van der Waals surface area contributed by atoms with Crippen molar-refractivity contribution in [2.24, 2.45) is 0 Å². The summed E-state index contributed by atoms with van der Waals surface area (Å²) in [6, 6.07) is 16.8. The number of hydrogen-bond donors (Lipinski definition) is 1. The van der Waals surface area contributed by atoms with Gasteiger partial charge in [0.1, 0.15) is 0 Å². The molecule has 1 N–H and O–H groups in total. The Morgan fingerprint density at radius 1 is 0.824 bits per heavy atom. The number of nitrogens with one attached hydrogen (secondary N) is 1. The molecule has 0 unspecified atom stereocenters. The van der Waals surface area contributed by atoms with Gasteiger partial charge >= 0.3 is 25.7 Å². The first-order valence-corrected chi connectivity index (χ1v) is 7.06. The molecule has 0 aliphatic carbocycles. The van der Waals surface area contributed by atoms with Crippen molar-refractivity contribution in [1.82, 2.24) is 0 Å². The van der Waals surface area contributed by atoms with Crippen LogP contribution in [-0.4, -0.2) is 0 Å². The summed E-state index contributed by atoms with van der Waals surface area (Å²) in [4.78, 5) is 2.59. The summed E-state index contributed by atoms with van der Waals surface area (Å²) in [5.74, 6) is 0. The molecule has 3 nitrogen and oxygen atoms in total. The summed E-state index contributed by atoms with van der Waals surface area (Å²) in [5.41, 5.74) is 2.41. The fraction of sp³-hybridized carbons (Fsp3) is 0. The van der Waals surface area contributed by atoms with E-state index in [9.17, 15) is 0 Å². The Hall–Kier alpha value is -1.10.